The quantitative estimate of drug-likeness (QED) is 0.525. The highest BCUT2D eigenvalue weighted by molar-refractivity contribution is 9.10. The number of hydrogen-bond donors (Lipinski definition) is 2. The molecule has 2 aromatic heterocycles. The zero-order chi connectivity index (χ0) is 21.8. The third kappa shape index (κ3) is 7.14. The Kier molecular flexibility index (Phi) is 10.9. The summed E-state index contributed by atoms with van der Waals surface area (Å²) in [5.41, 5.74) is 2.12. The van der Waals surface area contributed by atoms with Crippen molar-refractivity contribution in [2.24, 2.45) is 0 Å². The number of carbonyl (C=O) groups is 1. The van der Waals surface area contributed by atoms with E-state index >= 15 is 0 Å². The number of nitrogens with one attached hydrogen (secondary N) is 1. The minimum atomic E-state index is 0.212. The minimum absolute atomic E-state index is 0.212. The van der Waals surface area contributed by atoms with Gasteiger partial charge in [0.1, 0.15) is 18.4 Å². The number of nitrogens with zero attached hydrogens (tertiary/aromatic N) is 4. The molecule has 3 aromatic rings. The lowest BCUT2D eigenvalue weighted by Gasteiger charge is -2.13. The summed E-state index contributed by atoms with van der Waals surface area (Å²) in [6, 6.07) is 9.12. The highest BCUT2D eigenvalue weighted by Crippen LogP contribution is 2.30. The summed E-state index contributed by atoms with van der Waals surface area (Å²) in [5.74, 6) is 1.06. The van der Waals surface area contributed by atoms with E-state index in [0.717, 1.165) is 29.8 Å². The summed E-state index contributed by atoms with van der Waals surface area (Å²) in [5, 5.41) is 17.9. The minimum Gasteiger partial charge on any atom is -0.507 e. The molecule has 1 aromatic carbocycles. The Hall–Kier alpha value is -2.45. The van der Waals surface area contributed by atoms with Crippen molar-refractivity contribution in [1.82, 2.24) is 19.5 Å². The number of aromatic hydroxyl groups is 1. The van der Waals surface area contributed by atoms with Gasteiger partial charge >= 0.3 is 0 Å². The van der Waals surface area contributed by atoms with E-state index in [1.165, 1.54) is 6.42 Å². The summed E-state index contributed by atoms with van der Waals surface area (Å²) in [6.45, 7) is 8.09. The van der Waals surface area contributed by atoms with Crippen molar-refractivity contribution in [3.05, 3.63) is 41.0 Å². The van der Waals surface area contributed by atoms with Crippen LogP contribution in [0.4, 0.5) is 5.82 Å². The zero-order valence-electron chi connectivity index (χ0n) is 17.5. The molecular formula is C21H30BrN5O2. The molecule has 0 saturated carbocycles. The Morgan fingerprint density at radius 1 is 1.24 bits per heavy atom. The average Bonchev–Trinajstić information content (AvgIpc) is 3.08. The maximum Gasteiger partial charge on any atom is 0.172 e. The van der Waals surface area contributed by atoms with Crippen LogP contribution in [0, 0.1) is 0 Å². The van der Waals surface area contributed by atoms with E-state index in [0.29, 0.717) is 16.9 Å². The van der Waals surface area contributed by atoms with Crippen molar-refractivity contribution < 1.29 is 9.90 Å². The fourth-order valence-corrected chi connectivity index (χ4v) is 2.85. The molecule has 0 unspecified atom stereocenters. The number of rotatable bonds is 6. The number of carbonyl (C=O) groups excluding carboxylic acids is 1. The van der Waals surface area contributed by atoms with Crippen LogP contribution in [0.5, 0.6) is 5.75 Å². The Balaban J connectivity index is 0.000000771. The maximum absolute atomic E-state index is 10.1. The average molecular weight is 464 g/mol. The summed E-state index contributed by atoms with van der Waals surface area (Å²) in [4.78, 5) is 14.8. The standard InChI is InChI=1S/C17H20BrN5O.C3H8.CH2O/c1-22(2)9-5-8-19-16-10-14(12-6-3-4-7-15(12)24)21-17-13(18)11-20-23(16)17;1-3-2;1-2/h3-4,6-7,10-11,19,24H,5,8-9H2,1-2H3;3H2,1-2H3;1H2. The van der Waals surface area contributed by atoms with Crippen LogP contribution in [-0.2, 0) is 4.79 Å². The molecule has 0 aliphatic heterocycles. The molecule has 0 spiro atoms. The second kappa shape index (κ2) is 12.9. The van der Waals surface area contributed by atoms with E-state index in [1.54, 1.807) is 22.8 Å². The number of phenols is 1. The molecule has 29 heavy (non-hydrogen) atoms. The molecular weight excluding hydrogens is 434 g/mol. The summed E-state index contributed by atoms with van der Waals surface area (Å²) in [6.07, 6.45) is 3.99. The molecule has 0 radical (unpaired) electrons. The number of hydrogen-bond acceptors (Lipinski definition) is 6. The molecule has 0 saturated heterocycles. The first kappa shape index (κ1) is 24.6. The fraction of sp³-hybridized carbons (Fsp3) is 0.381. The van der Waals surface area contributed by atoms with Crippen molar-refractivity contribution in [2.45, 2.75) is 26.7 Å². The lowest BCUT2D eigenvalue weighted by Crippen LogP contribution is -2.17. The fourth-order valence-electron chi connectivity index (χ4n) is 2.50. The number of halogens is 1. The smallest absolute Gasteiger partial charge is 0.172 e. The van der Waals surface area contributed by atoms with Crippen molar-refractivity contribution in [3.8, 4) is 17.0 Å². The number of benzene rings is 1. The van der Waals surface area contributed by atoms with Crippen molar-refractivity contribution in [3.63, 3.8) is 0 Å². The van der Waals surface area contributed by atoms with Gasteiger partial charge in [-0.05, 0) is 55.1 Å². The van der Waals surface area contributed by atoms with E-state index in [4.69, 9.17) is 4.79 Å². The van der Waals surface area contributed by atoms with Gasteiger partial charge in [-0.3, -0.25) is 0 Å². The number of fused-ring (bicyclic) bond motifs is 1. The largest absolute Gasteiger partial charge is 0.507 e. The monoisotopic (exact) mass is 463 g/mol. The Labute approximate surface area is 180 Å². The predicted molar refractivity (Wildman–Crippen MR) is 123 cm³/mol. The number of aromatic nitrogens is 3. The van der Waals surface area contributed by atoms with Gasteiger partial charge < -0.3 is 20.1 Å². The zero-order valence-corrected chi connectivity index (χ0v) is 19.1. The van der Waals surface area contributed by atoms with E-state index in [1.807, 2.05) is 25.0 Å². The van der Waals surface area contributed by atoms with E-state index in [-0.39, 0.29) is 5.75 Å². The van der Waals surface area contributed by atoms with Gasteiger partial charge in [-0.2, -0.15) is 9.61 Å². The SMILES string of the molecule is C=O.CCC.CN(C)CCCNc1cc(-c2ccccc2O)nc2c(Br)cnn12. The topological polar surface area (TPSA) is 82.8 Å². The molecule has 3 rings (SSSR count). The third-order valence-corrected chi connectivity index (χ3v) is 4.26. The van der Waals surface area contributed by atoms with Gasteiger partial charge in [-0.25, -0.2) is 4.98 Å². The molecule has 0 aliphatic rings. The van der Waals surface area contributed by atoms with Crippen molar-refractivity contribution in [1.29, 1.82) is 0 Å². The molecule has 2 N–H and O–H groups in total. The number of para-hydroxylation sites is 1. The first-order valence-electron chi connectivity index (χ1n) is 9.48. The molecule has 7 nitrogen and oxygen atoms in total. The molecule has 0 aliphatic carbocycles. The normalized spacial score (nSPS) is 10.1. The van der Waals surface area contributed by atoms with Gasteiger partial charge in [-0.15, -0.1) is 0 Å². The molecule has 0 fully saturated rings. The maximum atomic E-state index is 10.1. The van der Waals surface area contributed by atoms with Crippen molar-refractivity contribution in [2.75, 3.05) is 32.5 Å². The molecule has 0 amide bonds. The van der Waals surface area contributed by atoms with Crippen LogP contribution >= 0.6 is 15.9 Å². The van der Waals surface area contributed by atoms with Gasteiger partial charge in [0.25, 0.3) is 0 Å². The van der Waals surface area contributed by atoms with Gasteiger partial charge in [0, 0.05) is 18.2 Å². The van der Waals surface area contributed by atoms with Crippen LogP contribution in [0.25, 0.3) is 16.9 Å². The van der Waals surface area contributed by atoms with Gasteiger partial charge in [0.2, 0.25) is 0 Å². The first-order valence-corrected chi connectivity index (χ1v) is 10.3. The predicted octanol–water partition coefficient (Wildman–Crippen LogP) is 4.46. The summed E-state index contributed by atoms with van der Waals surface area (Å²) < 4.78 is 2.58. The Morgan fingerprint density at radius 3 is 2.52 bits per heavy atom. The molecule has 8 heteroatoms. The van der Waals surface area contributed by atoms with Crippen LogP contribution in [0.2, 0.25) is 0 Å². The van der Waals surface area contributed by atoms with Crippen LogP contribution in [0.15, 0.2) is 41.0 Å². The molecule has 158 valence electrons. The van der Waals surface area contributed by atoms with E-state index in [9.17, 15) is 5.11 Å². The molecule has 2 heterocycles. The number of phenolic OH excluding ortho intramolecular Hbond substituents is 1. The van der Waals surface area contributed by atoms with Crippen LogP contribution in [-0.4, -0.2) is 58.6 Å². The van der Waals surface area contributed by atoms with Gasteiger partial charge in [-0.1, -0.05) is 32.4 Å². The van der Waals surface area contributed by atoms with Crippen LogP contribution < -0.4 is 5.32 Å². The van der Waals surface area contributed by atoms with Gasteiger partial charge in [0.15, 0.2) is 5.65 Å². The summed E-state index contributed by atoms with van der Waals surface area (Å²) in [7, 11) is 4.12. The lowest BCUT2D eigenvalue weighted by atomic mass is 10.1. The van der Waals surface area contributed by atoms with Crippen LogP contribution in [0.1, 0.15) is 26.7 Å². The Morgan fingerprint density at radius 2 is 1.90 bits per heavy atom. The molecule has 0 bridgehead atoms. The number of anilines is 1. The second-order valence-corrected chi connectivity index (χ2v) is 7.42. The van der Waals surface area contributed by atoms with E-state index < -0.39 is 0 Å². The highest BCUT2D eigenvalue weighted by Gasteiger charge is 2.13. The van der Waals surface area contributed by atoms with E-state index in [2.05, 4.69) is 64.2 Å². The Bertz CT molecular complexity index is 883. The van der Waals surface area contributed by atoms with Crippen molar-refractivity contribution >= 4 is 34.2 Å². The highest BCUT2D eigenvalue weighted by atomic mass is 79.9. The summed E-state index contributed by atoms with van der Waals surface area (Å²) >= 11 is 3.48. The van der Waals surface area contributed by atoms with Crippen LogP contribution in [0.3, 0.4) is 0 Å². The second-order valence-electron chi connectivity index (χ2n) is 6.56. The van der Waals surface area contributed by atoms with Gasteiger partial charge in [0.05, 0.1) is 16.4 Å². The molecule has 0 atom stereocenters. The lowest BCUT2D eigenvalue weighted by molar-refractivity contribution is -0.0979. The first-order chi connectivity index (χ1) is 14.0. The third-order valence-electron chi connectivity index (χ3n) is 3.70.